The molecule has 0 bridgehead atoms. The molecule has 0 saturated heterocycles. The molecular weight excluding hydrogens is 272 g/mol. The van der Waals surface area contributed by atoms with E-state index in [1.54, 1.807) is 26.8 Å². The van der Waals surface area contributed by atoms with Crippen molar-refractivity contribution in [2.75, 3.05) is 13.1 Å². The molecule has 0 saturated carbocycles. The molecule has 0 heterocycles. The third kappa shape index (κ3) is 5.25. The van der Waals surface area contributed by atoms with E-state index in [-0.39, 0.29) is 29.8 Å². The number of carboxylic acid groups (broad SMARTS) is 1. The predicted octanol–water partition coefficient (Wildman–Crippen LogP) is 1.20. The summed E-state index contributed by atoms with van der Waals surface area (Å²) < 4.78 is 0. The fourth-order valence-electron chi connectivity index (χ4n) is 1.71. The minimum atomic E-state index is -1.07. The minimum Gasteiger partial charge on any atom is -0.478 e. The van der Waals surface area contributed by atoms with Gasteiger partial charge < -0.3 is 15.7 Å². The molecule has 0 aliphatic heterocycles. The number of nitrogens with one attached hydrogen (secondary N) is 2. The van der Waals surface area contributed by atoms with Crippen LogP contribution in [-0.4, -0.2) is 36.0 Å². The SMILES string of the molecule is Cc1cc(C(=O)O)cc(C(=O)NCCNC(=O)C(C)C)c1. The maximum atomic E-state index is 11.9. The van der Waals surface area contributed by atoms with Crippen LogP contribution in [0.3, 0.4) is 0 Å². The van der Waals surface area contributed by atoms with Gasteiger partial charge in [0.1, 0.15) is 0 Å². The summed E-state index contributed by atoms with van der Waals surface area (Å²) in [6.45, 7) is 5.92. The molecule has 6 nitrogen and oxygen atoms in total. The van der Waals surface area contributed by atoms with Crippen LogP contribution in [0.5, 0.6) is 0 Å². The zero-order valence-electron chi connectivity index (χ0n) is 12.4. The summed E-state index contributed by atoms with van der Waals surface area (Å²) in [5.41, 5.74) is 1.07. The highest BCUT2D eigenvalue weighted by Crippen LogP contribution is 2.09. The van der Waals surface area contributed by atoms with Crippen molar-refractivity contribution >= 4 is 17.8 Å². The highest BCUT2D eigenvalue weighted by Gasteiger charge is 2.11. The molecule has 0 fully saturated rings. The van der Waals surface area contributed by atoms with Gasteiger partial charge in [0.05, 0.1) is 5.56 Å². The number of benzene rings is 1. The van der Waals surface area contributed by atoms with Crippen molar-refractivity contribution in [2.24, 2.45) is 5.92 Å². The maximum absolute atomic E-state index is 11.9. The number of carbonyl (C=O) groups is 3. The third-order valence-corrected chi connectivity index (χ3v) is 2.82. The summed E-state index contributed by atoms with van der Waals surface area (Å²) in [6, 6.07) is 4.45. The lowest BCUT2D eigenvalue weighted by Crippen LogP contribution is -2.36. The van der Waals surface area contributed by atoms with Gasteiger partial charge in [0, 0.05) is 24.6 Å². The van der Waals surface area contributed by atoms with E-state index in [1.165, 1.54) is 12.1 Å². The van der Waals surface area contributed by atoms with Crippen LogP contribution in [0.2, 0.25) is 0 Å². The van der Waals surface area contributed by atoms with E-state index in [0.717, 1.165) is 0 Å². The van der Waals surface area contributed by atoms with E-state index in [1.807, 2.05) is 0 Å². The van der Waals surface area contributed by atoms with Crippen molar-refractivity contribution in [3.63, 3.8) is 0 Å². The average molecular weight is 292 g/mol. The Morgan fingerprint density at radius 3 is 2.19 bits per heavy atom. The third-order valence-electron chi connectivity index (χ3n) is 2.82. The van der Waals surface area contributed by atoms with Gasteiger partial charge in [-0.2, -0.15) is 0 Å². The van der Waals surface area contributed by atoms with Crippen LogP contribution in [0.25, 0.3) is 0 Å². The number of carbonyl (C=O) groups excluding carboxylic acids is 2. The first kappa shape index (κ1) is 16.7. The largest absolute Gasteiger partial charge is 0.478 e. The van der Waals surface area contributed by atoms with Crippen LogP contribution in [0.4, 0.5) is 0 Å². The Morgan fingerprint density at radius 1 is 1.05 bits per heavy atom. The molecule has 114 valence electrons. The lowest BCUT2D eigenvalue weighted by molar-refractivity contribution is -0.123. The van der Waals surface area contributed by atoms with Crippen LogP contribution in [0, 0.1) is 12.8 Å². The molecule has 2 amide bonds. The van der Waals surface area contributed by atoms with E-state index in [9.17, 15) is 14.4 Å². The number of aromatic carboxylic acids is 1. The molecule has 0 aromatic heterocycles. The molecule has 6 heteroatoms. The molecule has 1 rings (SSSR count). The molecular formula is C15H20N2O4. The van der Waals surface area contributed by atoms with Gasteiger partial charge in [0.2, 0.25) is 5.91 Å². The summed E-state index contributed by atoms with van der Waals surface area (Å²) in [5, 5.41) is 14.3. The summed E-state index contributed by atoms with van der Waals surface area (Å²) in [6.07, 6.45) is 0. The smallest absolute Gasteiger partial charge is 0.335 e. The highest BCUT2D eigenvalue weighted by molar-refractivity contribution is 5.97. The van der Waals surface area contributed by atoms with Crippen molar-refractivity contribution in [1.29, 1.82) is 0 Å². The van der Waals surface area contributed by atoms with Gasteiger partial charge in [-0.25, -0.2) is 4.79 Å². The summed E-state index contributed by atoms with van der Waals surface area (Å²) >= 11 is 0. The average Bonchev–Trinajstić information content (AvgIpc) is 2.42. The first-order valence-corrected chi connectivity index (χ1v) is 6.72. The van der Waals surface area contributed by atoms with E-state index in [0.29, 0.717) is 17.7 Å². The predicted molar refractivity (Wildman–Crippen MR) is 78.3 cm³/mol. The number of carboxylic acids is 1. The monoisotopic (exact) mass is 292 g/mol. The van der Waals surface area contributed by atoms with Gasteiger partial charge in [-0.1, -0.05) is 13.8 Å². The highest BCUT2D eigenvalue weighted by atomic mass is 16.4. The molecule has 21 heavy (non-hydrogen) atoms. The van der Waals surface area contributed by atoms with Crippen LogP contribution in [0.1, 0.15) is 40.1 Å². The van der Waals surface area contributed by atoms with Crippen molar-refractivity contribution < 1.29 is 19.5 Å². The molecule has 1 aromatic carbocycles. The van der Waals surface area contributed by atoms with Crippen LogP contribution in [0.15, 0.2) is 18.2 Å². The first-order chi connectivity index (χ1) is 9.81. The van der Waals surface area contributed by atoms with Crippen molar-refractivity contribution in [3.05, 3.63) is 34.9 Å². The number of hydrogen-bond acceptors (Lipinski definition) is 3. The van der Waals surface area contributed by atoms with E-state index in [2.05, 4.69) is 10.6 Å². The summed E-state index contributed by atoms with van der Waals surface area (Å²) in [5.74, 6) is -1.61. The zero-order chi connectivity index (χ0) is 16.0. The Balaban J connectivity index is 2.56. The lowest BCUT2D eigenvalue weighted by atomic mass is 10.1. The van der Waals surface area contributed by atoms with Crippen molar-refractivity contribution in [1.82, 2.24) is 10.6 Å². The quantitative estimate of drug-likeness (QED) is 0.686. The van der Waals surface area contributed by atoms with Gasteiger partial charge in [-0.05, 0) is 30.7 Å². The van der Waals surface area contributed by atoms with E-state index < -0.39 is 5.97 Å². The van der Waals surface area contributed by atoms with Gasteiger partial charge in [0.15, 0.2) is 0 Å². The molecule has 1 aromatic rings. The van der Waals surface area contributed by atoms with Gasteiger partial charge >= 0.3 is 5.97 Å². The summed E-state index contributed by atoms with van der Waals surface area (Å²) in [4.78, 5) is 34.2. The van der Waals surface area contributed by atoms with E-state index in [4.69, 9.17) is 5.11 Å². The Bertz CT molecular complexity index is 553. The molecule has 0 unspecified atom stereocenters. The Morgan fingerprint density at radius 2 is 1.62 bits per heavy atom. The normalized spacial score (nSPS) is 10.3. The second-order valence-corrected chi connectivity index (χ2v) is 5.09. The number of aryl methyl sites for hydroxylation is 1. The minimum absolute atomic E-state index is 0.0760. The zero-order valence-corrected chi connectivity index (χ0v) is 12.4. The van der Waals surface area contributed by atoms with Crippen LogP contribution < -0.4 is 10.6 Å². The molecule has 0 aliphatic rings. The summed E-state index contributed by atoms with van der Waals surface area (Å²) in [7, 11) is 0. The Kier molecular flexibility index (Phi) is 5.90. The lowest BCUT2D eigenvalue weighted by Gasteiger charge is -2.09. The maximum Gasteiger partial charge on any atom is 0.335 e. The molecule has 0 radical (unpaired) electrons. The topological polar surface area (TPSA) is 95.5 Å². The first-order valence-electron chi connectivity index (χ1n) is 6.72. The standard InChI is InChI=1S/C15H20N2O4/c1-9(2)13(18)16-4-5-17-14(19)11-6-10(3)7-12(8-11)15(20)21/h6-9H,4-5H2,1-3H3,(H,16,18)(H,17,19)(H,20,21). The number of hydrogen-bond donors (Lipinski definition) is 3. The van der Waals surface area contributed by atoms with E-state index >= 15 is 0 Å². The number of rotatable bonds is 6. The molecule has 0 atom stereocenters. The fraction of sp³-hybridized carbons (Fsp3) is 0.400. The second kappa shape index (κ2) is 7.42. The van der Waals surface area contributed by atoms with Crippen molar-refractivity contribution in [2.45, 2.75) is 20.8 Å². The molecule has 3 N–H and O–H groups in total. The van der Waals surface area contributed by atoms with Crippen LogP contribution in [-0.2, 0) is 4.79 Å². The number of amides is 2. The Hall–Kier alpha value is -2.37. The van der Waals surface area contributed by atoms with Crippen LogP contribution >= 0.6 is 0 Å². The fourth-order valence-corrected chi connectivity index (χ4v) is 1.71. The van der Waals surface area contributed by atoms with Gasteiger partial charge in [-0.15, -0.1) is 0 Å². The van der Waals surface area contributed by atoms with Crippen molar-refractivity contribution in [3.8, 4) is 0 Å². The Labute approximate surface area is 123 Å². The molecule has 0 aliphatic carbocycles. The van der Waals surface area contributed by atoms with Gasteiger partial charge in [-0.3, -0.25) is 9.59 Å². The van der Waals surface area contributed by atoms with Gasteiger partial charge in [0.25, 0.3) is 5.91 Å². The molecule has 0 spiro atoms. The second-order valence-electron chi connectivity index (χ2n) is 5.09.